The van der Waals surface area contributed by atoms with Crippen LogP contribution in [0.1, 0.15) is 10.4 Å². The maximum Gasteiger partial charge on any atom is 0.336 e. The minimum atomic E-state index is -1.12. The molecule has 0 heterocycles. The third-order valence-electron chi connectivity index (χ3n) is 1.59. The molecule has 0 aliphatic heterocycles. The van der Waals surface area contributed by atoms with Crippen LogP contribution in [0.5, 0.6) is 0 Å². The Morgan fingerprint density at radius 2 is 2.00 bits per heavy atom. The number of hydrogen-bond donors (Lipinski definition) is 3. The predicted molar refractivity (Wildman–Crippen MR) is 56.2 cm³/mol. The highest BCUT2D eigenvalue weighted by molar-refractivity contribution is 8.00. The smallest absolute Gasteiger partial charge is 0.336 e. The largest absolute Gasteiger partial charge is 0.481 e. The molecule has 0 fully saturated rings. The number of rotatable bonds is 4. The van der Waals surface area contributed by atoms with Gasteiger partial charge in [0.2, 0.25) is 0 Å². The van der Waals surface area contributed by atoms with E-state index in [4.69, 9.17) is 15.9 Å². The van der Waals surface area contributed by atoms with Crippen molar-refractivity contribution in [3.05, 3.63) is 23.8 Å². The van der Waals surface area contributed by atoms with E-state index in [1.807, 2.05) is 0 Å². The molecule has 0 amide bonds. The second-order valence-corrected chi connectivity index (χ2v) is 3.76. The van der Waals surface area contributed by atoms with Gasteiger partial charge in [0.1, 0.15) is 0 Å². The van der Waals surface area contributed by atoms with E-state index >= 15 is 0 Å². The molecule has 0 aliphatic rings. The lowest BCUT2D eigenvalue weighted by Gasteiger charge is -2.04. The van der Waals surface area contributed by atoms with Crippen molar-refractivity contribution in [2.75, 3.05) is 11.5 Å². The average Bonchev–Trinajstić information content (AvgIpc) is 2.15. The molecule has 0 atom stereocenters. The SMILES string of the molecule is Nc1ccc(SCC(=O)O)c(C(=O)O)c1. The van der Waals surface area contributed by atoms with E-state index in [1.54, 1.807) is 0 Å². The normalized spacial score (nSPS) is 9.87. The molecule has 0 aromatic heterocycles. The summed E-state index contributed by atoms with van der Waals surface area (Å²) >= 11 is 0.956. The molecule has 6 heteroatoms. The second kappa shape index (κ2) is 4.70. The number of hydrogen-bond acceptors (Lipinski definition) is 4. The summed E-state index contributed by atoms with van der Waals surface area (Å²) in [4.78, 5) is 21.5. The molecule has 5 nitrogen and oxygen atoms in total. The monoisotopic (exact) mass is 227 g/mol. The third-order valence-corrected chi connectivity index (χ3v) is 2.64. The first-order valence-corrected chi connectivity index (χ1v) is 4.96. The Bertz CT molecular complexity index is 405. The molecule has 0 unspecified atom stereocenters. The van der Waals surface area contributed by atoms with Crippen molar-refractivity contribution >= 4 is 29.4 Å². The minimum Gasteiger partial charge on any atom is -0.481 e. The molecule has 0 spiro atoms. The van der Waals surface area contributed by atoms with E-state index in [2.05, 4.69) is 0 Å². The number of carboxylic acids is 2. The van der Waals surface area contributed by atoms with Crippen LogP contribution in [0.3, 0.4) is 0 Å². The molecule has 0 saturated carbocycles. The first-order chi connectivity index (χ1) is 7.00. The molecule has 0 saturated heterocycles. The zero-order valence-corrected chi connectivity index (χ0v) is 8.45. The number of nitrogens with two attached hydrogens (primary N) is 1. The maximum atomic E-state index is 10.8. The summed E-state index contributed by atoms with van der Waals surface area (Å²) < 4.78 is 0. The van der Waals surface area contributed by atoms with Gasteiger partial charge in [0, 0.05) is 10.6 Å². The highest BCUT2D eigenvalue weighted by Gasteiger charge is 2.11. The van der Waals surface area contributed by atoms with Gasteiger partial charge in [-0.2, -0.15) is 0 Å². The molecular formula is C9H9NO4S. The van der Waals surface area contributed by atoms with Crippen LogP contribution < -0.4 is 5.73 Å². The van der Waals surface area contributed by atoms with E-state index in [9.17, 15) is 9.59 Å². The Labute approximate surface area is 89.9 Å². The van der Waals surface area contributed by atoms with Gasteiger partial charge in [0.25, 0.3) is 0 Å². The van der Waals surface area contributed by atoms with Gasteiger partial charge in [0.15, 0.2) is 0 Å². The first kappa shape index (κ1) is 11.4. The van der Waals surface area contributed by atoms with Gasteiger partial charge in [-0.15, -0.1) is 11.8 Å². The van der Waals surface area contributed by atoms with E-state index in [0.717, 1.165) is 11.8 Å². The number of nitrogen functional groups attached to an aromatic ring is 1. The van der Waals surface area contributed by atoms with Gasteiger partial charge in [0.05, 0.1) is 11.3 Å². The zero-order chi connectivity index (χ0) is 11.4. The van der Waals surface area contributed by atoms with Gasteiger partial charge in [-0.05, 0) is 18.2 Å². The molecule has 1 aromatic carbocycles. The molecule has 0 radical (unpaired) electrons. The van der Waals surface area contributed by atoms with Crippen molar-refractivity contribution in [1.29, 1.82) is 0 Å². The minimum absolute atomic E-state index is 0.0289. The van der Waals surface area contributed by atoms with Gasteiger partial charge in [-0.1, -0.05) is 0 Å². The van der Waals surface area contributed by atoms with Crippen LogP contribution in [0.2, 0.25) is 0 Å². The van der Waals surface area contributed by atoms with Gasteiger partial charge in [-0.25, -0.2) is 4.79 Å². The number of carboxylic acid groups (broad SMARTS) is 2. The number of aromatic carboxylic acids is 1. The average molecular weight is 227 g/mol. The van der Waals surface area contributed by atoms with Gasteiger partial charge >= 0.3 is 11.9 Å². The summed E-state index contributed by atoms with van der Waals surface area (Å²) in [6.45, 7) is 0. The summed E-state index contributed by atoms with van der Waals surface area (Å²) in [5.74, 6) is -2.28. The Kier molecular flexibility index (Phi) is 3.56. The molecule has 80 valence electrons. The summed E-state index contributed by atoms with van der Waals surface area (Å²) in [6.07, 6.45) is 0. The Hall–Kier alpha value is -1.69. The third kappa shape index (κ3) is 3.17. The lowest BCUT2D eigenvalue weighted by Crippen LogP contribution is -2.03. The molecule has 15 heavy (non-hydrogen) atoms. The highest BCUT2D eigenvalue weighted by Crippen LogP contribution is 2.24. The van der Waals surface area contributed by atoms with Crippen LogP contribution in [0.4, 0.5) is 5.69 Å². The second-order valence-electron chi connectivity index (χ2n) is 2.74. The molecule has 4 N–H and O–H groups in total. The molecule has 0 bridgehead atoms. The number of aliphatic carboxylic acids is 1. The lowest BCUT2D eigenvalue weighted by molar-refractivity contribution is -0.133. The molecular weight excluding hydrogens is 218 g/mol. The standard InChI is InChI=1S/C9H9NO4S/c10-5-1-2-7(15-4-8(11)12)6(3-5)9(13)14/h1-3H,4,10H2,(H,11,12)(H,13,14). The van der Waals surface area contributed by atoms with Crippen molar-refractivity contribution in [2.45, 2.75) is 4.90 Å². The quantitative estimate of drug-likeness (QED) is 0.526. The predicted octanol–water partition coefficient (Wildman–Crippen LogP) is 1.14. The van der Waals surface area contributed by atoms with Crippen molar-refractivity contribution in [2.24, 2.45) is 0 Å². The summed E-state index contributed by atoms with van der Waals surface area (Å²) in [7, 11) is 0. The van der Waals surface area contributed by atoms with E-state index < -0.39 is 11.9 Å². The van der Waals surface area contributed by atoms with Crippen molar-refractivity contribution in [1.82, 2.24) is 0 Å². The lowest BCUT2D eigenvalue weighted by atomic mass is 10.2. The first-order valence-electron chi connectivity index (χ1n) is 3.98. The Balaban J connectivity index is 2.95. The van der Waals surface area contributed by atoms with Crippen LogP contribution >= 0.6 is 11.8 Å². The van der Waals surface area contributed by atoms with Gasteiger partial charge in [-0.3, -0.25) is 4.79 Å². The van der Waals surface area contributed by atoms with Crippen molar-refractivity contribution < 1.29 is 19.8 Å². The Morgan fingerprint density at radius 3 is 2.53 bits per heavy atom. The summed E-state index contributed by atoms with van der Waals surface area (Å²) in [6, 6.07) is 4.36. The summed E-state index contributed by atoms with van der Waals surface area (Å²) in [5.41, 5.74) is 5.80. The fourth-order valence-electron chi connectivity index (χ4n) is 0.980. The Morgan fingerprint density at radius 1 is 1.33 bits per heavy atom. The van der Waals surface area contributed by atoms with Crippen LogP contribution in [0.15, 0.2) is 23.1 Å². The van der Waals surface area contributed by atoms with Crippen molar-refractivity contribution in [3.8, 4) is 0 Å². The van der Waals surface area contributed by atoms with E-state index in [-0.39, 0.29) is 11.3 Å². The van der Waals surface area contributed by atoms with Crippen LogP contribution in [-0.4, -0.2) is 27.9 Å². The van der Waals surface area contributed by atoms with Crippen LogP contribution in [-0.2, 0) is 4.79 Å². The van der Waals surface area contributed by atoms with E-state index in [1.165, 1.54) is 18.2 Å². The molecule has 1 aromatic rings. The summed E-state index contributed by atoms with van der Waals surface area (Å²) in [5, 5.41) is 17.3. The molecule has 1 rings (SSSR count). The number of thioether (sulfide) groups is 1. The number of benzene rings is 1. The number of anilines is 1. The van der Waals surface area contributed by atoms with Crippen LogP contribution in [0.25, 0.3) is 0 Å². The van der Waals surface area contributed by atoms with Crippen LogP contribution in [0, 0.1) is 0 Å². The fourth-order valence-corrected chi connectivity index (χ4v) is 1.73. The zero-order valence-electron chi connectivity index (χ0n) is 7.64. The number of carbonyl (C=O) groups is 2. The van der Waals surface area contributed by atoms with Crippen molar-refractivity contribution in [3.63, 3.8) is 0 Å². The molecule has 0 aliphatic carbocycles. The fraction of sp³-hybridized carbons (Fsp3) is 0.111. The highest BCUT2D eigenvalue weighted by atomic mass is 32.2. The van der Waals surface area contributed by atoms with Gasteiger partial charge < -0.3 is 15.9 Å². The maximum absolute atomic E-state index is 10.8. The van der Waals surface area contributed by atoms with E-state index in [0.29, 0.717) is 10.6 Å². The topological polar surface area (TPSA) is 101 Å².